The van der Waals surface area contributed by atoms with E-state index in [0.29, 0.717) is 5.89 Å². The van der Waals surface area contributed by atoms with Crippen molar-refractivity contribution in [3.05, 3.63) is 16.4 Å². The molecule has 0 aromatic carbocycles. The number of urea groups is 2. The van der Waals surface area contributed by atoms with Gasteiger partial charge in [0.2, 0.25) is 11.8 Å². The summed E-state index contributed by atoms with van der Waals surface area (Å²) in [6.07, 6.45) is 1.42. The van der Waals surface area contributed by atoms with Crippen LogP contribution >= 0.6 is 0 Å². The molecule has 2 fully saturated rings. The number of carbonyl (C=O) groups excluding carboxylic acids is 4. The number of aryl methyl sites for hydroxylation is 1. The number of nitrogens with one attached hydrogen (secondary N) is 4. The molecule has 6 N–H and O–H groups in total. The third kappa shape index (κ3) is 7.57. The average molecular weight is 570 g/mol. The molecule has 4 heterocycles. The molecular formula is C17H31N9O9S2. The molecule has 3 aliphatic heterocycles. The first-order chi connectivity index (χ1) is 16.5. The van der Waals surface area contributed by atoms with Crippen LogP contribution in [-0.4, -0.2) is 85.8 Å². The highest BCUT2D eigenvalue weighted by Gasteiger charge is 2.53. The van der Waals surface area contributed by atoms with E-state index in [2.05, 4.69) is 34.3 Å². The van der Waals surface area contributed by atoms with Crippen LogP contribution in [0.4, 0.5) is 9.59 Å². The molecule has 6 amide bonds. The van der Waals surface area contributed by atoms with Gasteiger partial charge >= 0.3 is 17.8 Å². The lowest BCUT2D eigenvalue weighted by molar-refractivity contribution is -0.121. The van der Waals surface area contributed by atoms with Crippen LogP contribution in [0, 0.1) is 6.92 Å². The van der Waals surface area contributed by atoms with Gasteiger partial charge in [-0.2, -0.15) is 4.41 Å². The fraction of sp³-hybridized carbons (Fsp3) is 0.647. The number of nitrogens with two attached hydrogens (primary N) is 1. The van der Waals surface area contributed by atoms with E-state index in [1.165, 1.54) is 27.2 Å². The van der Waals surface area contributed by atoms with Gasteiger partial charge in [-0.15, -0.1) is 9.46 Å². The SMILES string of the molecule is CC1(C)NS(C)(=O)=NC1=O.CC1NC(=O)NC1=O.CN1C(=O)N(N)S(=O)(=O)C1(C)C.Cc1n[nH]c(=O)o1. The normalized spacial score (nSPS) is 26.5. The monoisotopic (exact) mass is 569 g/mol. The topological polar surface area (TPSA) is 259 Å². The zero-order valence-electron chi connectivity index (χ0n) is 21.4. The van der Waals surface area contributed by atoms with Gasteiger partial charge in [-0.25, -0.2) is 42.7 Å². The summed E-state index contributed by atoms with van der Waals surface area (Å²) < 4.78 is 44.6. The lowest BCUT2D eigenvalue weighted by Crippen LogP contribution is -2.42. The summed E-state index contributed by atoms with van der Waals surface area (Å²) in [5.41, 5.74) is -0.744. The minimum Gasteiger partial charge on any atom is -0.393 e. The van der Waals surface area contributed by atoms with Crippen molar-refractivity contribution in [3.63, 3.8) is 0 Å². The summed E-state index contributed by atoms with van der Waals surface area (Å²) in [5.74, 6) is 4.35. The van der Waals surface area contributed by atoms with E-state index < -0.39 is 48.2 Å². The van der Waals surface area contributed by atoms with Crippen LogP contribution in [0.1, 0.15) is 40.5 Å². The number of nitrogens with zero attached hydrogens (tertiary/aromatic N) is 4. The Bertz CT molecular complexity index is 1350. The zero-order valence-corrected chi connectivity index (χ0v) is 23.1. The number of H-pyrrole nitrogens is 1. The van der Waals surface area contributed by atoms with Crippen molar-refractivity contribution in [3.8, 4) is 0 Å². The van der Waals surface area contributed by atoms with Gasteiger partial charge in [-0.3, -0.25) is 14.9 Å². The third-order valence-corrected chi connectivity index (χ3v) is 8.55. The Morgan fingerprint density at radius 1 is 1.05 bits per heavy atom. The van der Waals surface area contributed by atoms with E-state index in [0.717, 1.165) is 4.90 Å². The van der Waals surface area contributed by atoms with Crippen LogP contribution in [0.5, 0.6) is 0 Å². The van der Waals surface area contributed by atoms with Crippen LogP contribution in [0.15, 0.2) is 13.6 Å². The van der Waals surface area contributed by atoms with Gasteiger partial charge in [0.25, 0.3) is 15.9 Å². The quantitative estimate of drug-likeness (QED) is 0.131. The van der Waals surface area contributed by atoms with Crippen molar-refractivity contribution in [2.24, 2.45) is 10.2 Å². The molecule has 0 saturated carbocycles. The Kier molecular flexibility index (Phi) is 9.37. The second-order valence-electron chi connectivity index (χ2n) is 8.83. The van der Waals surface area contributed by atoms with Gasteiger partial charge in [-0.05, 0) is 34.6 Å². The Labute approximate surface area is 213 Å². The van der Waals surface area contributed by atoms with Crippen LogP contribution in [0.2, 0.25) is 0 Å². The highest BCUT2D eigenvalue weighted by atomic mass is 32.2. The van der Waals surface area contributed by atoms with Gasteiger partial charge in [0.05, 0.1) is 0 Å². The molecule has 37 heavy (non-hydrogen) atoms. The molecule has 18 nitrogen and oxygen atoms in total. The molecule has 0 spiro atoms. The van der Waals surface area contributed by atoms with Crippen molar-refractivity contribution in [1.29, 1.82) is 0 Å². The molecule has 1 aromatic heterocycles. The maximum Gasteiger partial charge on any atom is 0.434 e. The molecule has 2 atom stereocenters. The molecule has 0 bridgehead atoms. The number of carbonyl (C=O) groups is 4. The number of hydrazine groups is 1. The first-order valence-electron chi connectivity index (χ1n) is 10.3. The minimum absolute atomic E-state index is 0.255. The summed E-state index contributed by atoms with van der Waals surface area (Å²) in [7, 11) is -4.75. The number of hydrogen-bond donors (Lipinski definition) is 5. The molecule has 210 valence electrons. The van der Waals surface area contributed by atoms with Crippen molar-refractivity contribution in [2.75, 3.05) is 13.3 Å². The number of aromatic amines is 1. The number of sulfonamides is 1. The highest BCUT2D eigenvalue weighted by molar-refractivity contribution is 7.91. The van der Waals surface area contributed by atoms with Crippen molar-refractivity contribution < 1.29 is 36.2 Å². The third-order valence-electron chi connectivity index (χ3n) is 4.93. The highest BCUT2D eigenvalue weighted by Crippen LogP contribution is 2.30. The molecule has 20 heteroatoms. The van der Waals surface area contributed by atoms with Gasteiger partial charge in [0.1, 0.15) is 21.5 Å². The summed E-state index contributed by atoms with van der Waals surface area (Å²) in [5, 5.41) is 9.95. The molecule has 3 aliphatic rings. The fourth-order valence-electron chi connectivity index (χ4n) is 2.53. The summed E-state index contributed by atoms with van der Waals surface area (Å²) in [6, 6.07) is -1.47. The van der Waals surface area contributed by atoms with Gasteiger partial charge in [0, 0.05) is 20.2 Å². The summed E-state index contributed by atoms with van der Waals surface area (Å²) in [4.78, 5) is 52.4. The Balaban J connectivity index is 0.000000252. The average Bonchev–Trinajstić information content (AvgIpc) is 3.35. The second-order valence-corrected chi connectivity index (χ2v) is 13.2. The van der Waals surface area contributed by atoms with Crippen molar-refractivity contribution >= 4 is 43.8 Å². The van der Waals surface area contributed by atoms with Crippen LogP contribution in [0.3, 0.4) is 0 Å². The lowest BCUT2D eigenvalue weighted by atomic mass is 10.1. The Morgan fingerprint density at radius 2 is 1.59 bits per heavy atom. The summed E-state index contributed by atoms with van der Waals surface area (Å²) in [6.45, 7) is 9.39. The number of rotatable bonds is 0. The number of amides is 6. The largest absolute Gasteiger partial charge is 0.434 e. The fourth-order valence-corrected chi connectivity index (χ4v) is 5.39. The van der Waals surface area contributed by atoms with E-state index >= 15 is 0 Å². The van der Waals surface area contributed by atoms with Gasteiger partial charge < -0.3 is 14.6 Å². The Hall–Kier alpha value is -3.36. The van der Waals surface area contributed by atoms with Crippen LogP contribution in [0.25, 0.3) is 0 Å². The maximum absolute atomic E-state index is 11.4. The number of imide groups is 1. The van der Waals surface area contributed by atoms with E-state index in [1.807, 2.05) is 0 Å². The smallest absolute Gasteiger partial charge is 0.393 e. The van der Waals surface area contributed by atoms with E-state index in [-0.39, 0.29) is 22.3 Å². The molecular weight excluding hydrogens is 538 g/mol. The van der Waals surface area contributed by atoms with Crippen LogP contribution < -0.4 is 27.0 Å². The first kappa shape index (κ1) is 31.7. The van der Waals surface area contributed by atoms with E-state index in [1.54, 1.807) is 27.7 Å². The predicted octanol–water partition coefficient (Wildman–Crippen LogP) is -1.91. The predicted molar refractivity (Wildman–Crippen MR) is 129 cm³/mol. The number of hydrogen-bond acceptors (Lipinski definition) is 11. The molecule has 1 aromatic rings. The van der Waals surface area contributed by atoms with Crippen LogP contribution in [-0.2, 0) is 29.5 Å². The molecule has 0 radical (unpaired) electrons. The molecule has 2 unspecified atom stereocenters. The minimum atomic E-state index is -3.71. The summed E-state index contributed by atoms with van der Waals surface area (Å²) >= 11 is 0. The van der Waals surface area contributed by atoms with Crippen molar-refractivity contribution in [2.45, 2.75) is 58.0 Å². The second kappa shape index (κ2) is 10.9. The molecule has 4 rings (SSSR count). The van der Waals surface area contributed by atoms with Crippen molar-refractivity contribution in [1.82, 2.24) is 34.9 Å². The maximum atomic E-state index is 11.4. The Morgan fingerprint density at radius 3 is 1.70 bits per heavy atom. The zero-order chi connectivity index (χ0) is 29.1. The standard InChI is InChI=1S/C5H11N3O3S.C5H10N2O2S.C4H6N2O2.C3H4N2O2/c1-5(2)7(3)4(9)8(6)12(5,10)11;1-5(2)4(8)6-10(3,9)7-5;1-2-3(7)6-4(8)5-2;1-2-4-5-3(6)7-2/h6H2,1-3H3;1-3H3,(H,6,7,8,9);2H,1H3,(H2,5,6,7,8);1H3,(H,5,6). The lowest BCUT2D eigenvalue weighted by Gasteiger charge is -2.22. The number of aromatic nitrogens is 2. The first-order valence-corrected chi connectivity index (χ1v) is 13.7. The van der Waals surface area contributed by atoms with Gasteiger partial charge in [0.15, 0.2) is 4.87 Å². The van der Waals surface area contributed by atoms with E-state index in [4.69, 9.17) is 5.84 Å². The molecule has 0 aliphatic carbocycles. The van der Waals surface area contributed by atoms with Gasteiger partial charge in [-0.1, -0.05) is 0 Å². The van der Waals surface area contributed by atoms with E-state index in [9.17, 15) is 36.6 Å². The molecule has 2 saturated heterocycles.